The van der Waals surface area contributed by atoms with Crippen molar-refractivity contribution in [1.82, 2.24) is 4.90 Å². The van der Waals surface area contributed by atoms with Gasteiger partial charge in [0.2, 0.25) is 5.91 Å². The van der Waals surface area contributed by atoms with Crippen LogP contribution in [0.3, 0.4) is 0 Å². The highest BCUT2D eigenvalue weighted by Gasteiger charge is 2.46. The van der Waals surface area contributed by atoms with Crippen LogP contribution in [-0.2, 0) is 16.0 Å². The Kier molecular flexibility index (Phi) is 6.07. The maximum atomic E-state index is 12.8. The van der Waals surface area contributed by atoms with Gasteiger partial charge in [0.1, 0.15) is 0 Å². The number of methoxy groups -OCH3 is 3. The average Bonchev–Trinajstić information content (AvgIpc) is 3.07. The van der Waals surface area contributed by atoms with Crippen molar-refractivity contribution in [3.05, 3.63) is 23.8 Å². The predicted octanol–water partition coefficient (Wildman–Crippen LogP) is 3.44. The van der Waals surface area contributed by atoms with E-state index in [0.717, 1.165) is 37.9 Å². The second-order valence-corrected chi connectivity index (χ2v) is 7.59. The van der Waals surface area contributed by atoms with Gasteiger partial charge in [0.05, 0.1) is 20.3 Å². The first-order valence-electron chi connectivity index (χ1n) is 9.63. The summed E-state index contributed by atoms with van der Waals surface area (Å²) in [7, 11) is 5.08. The number of ether oxygens (including phenoxy) is 3. The SMILES string of the molecule is COc1ccc(CCC(=O)N2CCC[C@]3(CCC[C@H]3OC)C2)cc1OC. The molecule has 1 aromatic rings. The molecule has 3 rings (SSSR count). The van der Waals surface area contributed by atoms with Crippen molar-refractivity contribution in [3.63, 3.8) is 0 Å². The highest BCUT2D eigenvalue weighted by Crippen LogP contribution is 2.46. The smallest absolute Gasteiger partial charge is 0.222 e. The third-order valence-corrected chi connectivity index (χ3v) is 6.15. The molecule has 1 aliphatic carbocycles. The van der Waals surface area contributed by atoms with Crippen molar-refractivity contribution in [2.24, 2.45) is 5.41 Å². The zero-order valence-corrected chi connectivity index (χ0v) is 16.3. The van der Waals surface area contributed by atoms with Gasteiger partial charge >= 0.3 is 0 Å². The number of hydrogen-bond acceptors (Lipinski definition) is 4. The van der Waals surface area contributed by atoms with Gasteiger partial charge in [0.25, 0.3) is 0 Å². The molecule has 2 fully saturated rings. The molecule has 0 aromatic heterocycles. The summed E-state index contributed by atoms with van der Waals surface area (Å²) in [4.78, 5) is 14.9. The van der Waals surface area contributed by atoms with Crippen LogP contribution in [0.4, 0.5) is 0 Å². The van der Waals surface area contributed by atoms with E-state index in [-0.39, 0.29) is 11.3 Å². The van der Waals surface area contributed by atoms with Crippen LogP contribution in [0.5, 0.6) is 11.5 Å². The third-order valence-electron chi connectivity index (χ3n) is 6.15. The predicted molar refractivity (Wildman–Crippen MR) is 101 cm³/mol. The fourth-order valence-electron chi connectivity index (χ4n) is 4.76. The van der Waals surface area contributed by atoms with Crippen molar-refractivity contribution < 1.29 is 19.0 Å². The number of benzene rings is 1. The topological polar surface area (TPSA) is 48.0 Å². The van der Waals surface area contributed by atoms with Crippen LogP contribution >= 0.6 is 0 Å². The van der Waals surface area contributed by atoms with E-state index in [1.807, 2.05) is 25.3 Å². The summed E-state index contributed by atoms with van der Waals surface area (Å²) >= 11 is 0. The van der Waals surface area contributed by atoms with Gasteiger partial charge < -0.3 is 19.1 Å². The lowest BCUT2D eigenvalue weighted by atomic mass is 9.76. The van der Waals surface area contributed by atoms with Crippen LogP contribution in [0.15, 0.2) is 18.2 Å². The Bertz CT molecular complexity index is 632. The van der Waals surface area contributed by atoms with Crippen LogP contribution in [0, 0.1) is 5.41 Å². The van der Waals surface area contributed by atoms with Crippen molar-refractivity contribution in [2.75, 3.05) is 34.4 Å². The van der Waals surface area contributed by atoms with Crippen LogP contribution in [-0.4, -0.2) is 51.3 Å². The number of carbonyl (C=O) groups is 1. The van der Waals surface area contributed by atoms with E-state index < -0.39 is 0 Å². The van der Waals surface area contributed by atoms with E-state index in [2.05, 4.69) is 4.90 Å². The minimum atomic E-state index is 0.187. The fraction of sp³-hybridized carbons (Fsp3) is 0.667. The molecule has 1 aliphatic heterocycles. The molecule has 2 atom stereocenters. The normalized spacial score (nSPS) is 25.5. The quantitative estimate of drug-likeness (QED) is 0.779. The zero-order chi connectivity index (χ0) is 18.6. The molecular weight excluding hydrogens is 330 g/mol. The van der Waals surface area contributed by atoms with Crippen LogP contribution in [0.1, 0.15) is 44.1 Å². The van der Waals surface area contributed by atoms with Gasteiger partial charge in [-0.3, -0.25) is 4.79 Å². The van der Waals surface area contributed by atoms with E-state index >= 15 is 0 Å². The molecule has 0 bridgehead atoms. The first-order valence-corrected chi connectivity index (χ1v) is 9.63. The first kappa shape index (κ1) is 19.0. The molecule has 1 saturated heterocycles. The van der Waals surface area contributed by atoms with E-state index in [0.29, 0.717) is 24.0 Å². The molecule has 1 spiro atoms. The van der Waals surface area contributed by atoms with Gasteiger partial charge in [-0.15, -0.1) is 0 Å². The number of aryl methyl sites for hydroxylation is 1. The molecule has 144 valence electrons. The number of nitrogens with zero attached hydrogens (tertiary/aromatic N) is 1. The van der Waals surface area contributed by atoms with E-state index in [1.54, 1.807) is 14.2 Å². The van der Waals surface area contributed by atoms with Crippen LogP contribution in [0.25, 0.3) is 0 Å². The van der Waals surface area contributed by atoms with Gasteiger partial charge in [-0.25, -0.2) is 0 Å². The second kappa shape index (κ2) is 8.30. The monoisotopic (exact) mass is 361 g/mol. The average molecular weight is 361 g/mol. The lowest BCUT2D eigenvalue weighted by Gasteiger charge is -2.43. The molecule has 5 heteroatoms. The minimum absolute atomic E-state index is 0.187. The summed E-state index contributed by atoms with van der Waals surface area (Å²) in [6, 6.07) is 5.86. The maximum absolute atomic E-state index is 12.8. The molecule has 1 amide bonds. The summed E-state index contributed by atoms with van der Waals surface area (Å²) in [5.41, 5.74) is 1.28. The Morgan fingerprint density at radius 2 is 1.92 bits per heavy atom. The lowest BCUT2D eigenvalue weighted by Crippen LogP contribution is -2.49. The standard InChI is InChI=1S/C21H31NO4/c1-24-17-9-7-16(14-18(17)25-2)8-10-20(23)22-13-5-12-21(15-22)11-4-6-19(21)26-3/h7,9,14,19H,4-6,8,10-13,15H2,1-3H3/t19-,21-/m1/s1. The number of likely N-dealkylation sites (tertiary alicyclic amines) is 1. The van der Waals surface area contributed by atoms with E-state index in [9.17, 15) is 4.79 Å². The molecule has 2 aliphatic rings. The molecule has 1 heterocycles. The fourth-order valence-corrected chi connectivity index (χ4v) is 4.76. The van der Waals surface area contributed by atoms with Gasteiger partial charge in [-0.1, -0.05) is 12.5 Å². The lowest BCUT2D eigenvalue weighted by molar-refractivity contribution is -0.137. The van der Waals surface area contributed by atoms with Crippen molar-refractivity contribution >= 4 is 5.91 Å². The summed E-state index contributed by atoms with van der Waals surface area (Å²) < 4.78 is 16.4. The highest BCUT2D eigenvalue weighted by molar-refractivity contribution is 5.76. The van der Waals surface area contributed by atoms with Crippen LogP contribution < -0.4 is 9.47 Å². The van der Waals surface area contributed by atoms with Crippen molar-refractivity contribution in [1.29, 1.82) is 0 Å². The maximum Gasteiger partial charge on any atom is 0.222 e. The van der Waals surface area contributed by atoms with Gasteiger partial charge in [-0.05, 0) is 49.8 Å². The molecule has 26 heavy (non-hydrogen) atoms. The Morgan fingerprint density at radius 3 is 2.65 bits per heavy atom. The van der Waals surface area contributed by atoms with Gasteiger partial charge in [-0.2, -0.15) is 0 Å². The van der Waals surface area contributed by atoms with Gasteiger partial charge in [0, 0.05) is 32.0 Å². The number of carbonyl (C=O) groups excluding carboxylic acids is 1. The van der Waals surface area contributed by atoms with Gasteiger partial charge in [0.15, 0.2) is 11.5 Å². The number of amides is 1. The number of rotatable bonds is 6. The molecule has 0 radical (unpaired) electrons. The Morgan fingerprint density at radius 1 is 1.15 bits per heavy atom. The molecule has 5 nitrogen and oxygen atoms in total. The molecule has 0 unspecified atom stereocenters. The summed E-state index contributed by atoms with van der Waals surface area (Å²) in [5.74, 6) is 1.68. The Hall–Kier alpha value is -1.75. The van der Waals surface area contributed by atoms with E-state index in [4.69, 9.17) is 14.2 Å². The Balaban J connectivity index is 1.60. The second-order valence-electron chi connectivity index (χ2n) is 7.59. The molecule has 1 aromatic carbocycles. The van der Waals surface area contributed by atoms with Crippen LogP contribution in [0.2, 0.25) is 0 Å². The molecular formula is C21H31NO4. The molecule has 1 saturated carbocycles. The van der Waals surface area contributed by atoms with E-state index in [1.165, 1.54) is 19.3 Å². The largest absolute Gasteiger partial charge is 0.493 e. The summed E-state index contributed by atoms with van der Waals surface area (Å²) in [6.45, 7) is 1.74. The summed E-state index contributed by atoms with van der Waals surface area (Å²) in [6.07, 6.45) is 7.36. The van der Waals surface area contributed by atoms with Crippen molar-refractivity contribution in [3.8, 4) is 11.5 Å². The van der Waals surface area contributed by atoms with Crippen molar-refractivity contribution in [2.45, 2.75) is 51.0 Å². The number of hydrogen-bond donors (Lipinski definition) is 0. The minimum Gasteiger partial charge on any atom is -0.493 e. The highest BCUT2D eigenvalue weighted by atomic mass is 16.5. The third kappa shape index (κ3) is 3.83. The first-order chi connectivity index (χ1) is 12.6. The Labute approximate surface area is 156 Å². The molecule has 0 N–H and O–H groups in total. The zero-order valence-electron chi connectivity index (χ0n) is 16.3. The number of piperidine rings is 1. The summed E-state index contributed by atoms with van der Waals surface area (Å²) in [5, 5.41) is 0.